The van der Waals surface area contributed by atoms with Crippen LogP contribution in [0.4, 0.5) is 11.4 Å². The lowest BCUT2D eigenvalue weighted by Gasteiger charge is -2.21. The SMILES string of the molecule is OC[C@@H](O)[C@@H](O)[C@H](O)C(C=NNC(=S)Nc1cccc(Cl)c1)=NNC(=S)Nc1cccc(Cl)c1. The minimum absolute atomic E-state index is 0.0451. The fourth-order valence-electron chi connectivity index (χ4n) is 2.39. The van der Waals surface area contributed by atoms with Crippen LogP contribution in [0.5, 0.6) is 0 Å². The first-order valence-corrected chi connectivity index (χ1v) is 11.2. The van der Waals surface area contributed by atoms with Crippen LogP contribution in [-0.4, -0.2) is 67.5 Å². The number of hydrogen-bond donors (Lipinski definition) is 8. The Morgan fingerprint density at radius 3 is 1.94 bits per heavy atom. The van der Waals surface area contributed by atoms with E-state index in [4.69, 9.17) is 52.7 Å². The third-order valence-corrected chi connectivity index (χ3v) is 4.88. The van der Waals surface area contributed by atoms with Crippen LogP contribution in [0.3, 0.4) is 0 Å². The number of halogens is 2. The van der Waals surface area contributed by atoms with Crippen molar-refractivity contribution in [2.75, 3.05) is 17.2 Å². The molecule has 8 N–H and O–H groups in total. The smallest absolute Gasteiger partial charge is 0.191 e. The number of aliphatic hydroxyl groups excluding tert-OH is 4. The second-order valence-corrected chi connectivity index (χ2v) is 8.32. The lowest BCUT2D eigenvalue weighted by Crippen LogP contribution is -2.45. The van der Waals surface area contributed by atoms with Gasteiger partial charge in [0.1, 0.15) is 24.0 Å². The molecular weight excluding hydrogens is 523 g/mol. The molecule has 0 fully saturated rings. The standard InChI is InChI=1S/C20H22Cl2N6O4S2/c21-11-3-1-5-13(7-11)24-19(33)27-23-9-15(17(31)18(32)16(30)10-29)26-28-20(34)25-14-6-2-4-12(22)8-14/h1-9,16-18,29-32H,10H2,(H2,24,27,33)(H2,25,28,34)/t16-,17-,18-/m1/s1. The maximum Gasteiger partial charge on any atom is 0.191 e. The summed E-state index contributed by atoms with van der Waals surface area (Å²) in [6.45, 7) is -0.781. The van der Waals surface area contributed by atoms with E-state index in [2.05, 4.69) is 31.7 Å². The van der Waals surface area contributed by atoms with E-state index >= 15 is 0 Å². The molecule has 182 valence electrons. The maximum atomic E-state index is 10.4. The van der Waals surface area contributed by atoms with Crippen molar-refractivity contribution in [3.05, 3.63) is 58.6 Å². The third-order valence-electron chi connectivity index (χ3n) is 4.02. The molecule has 0 aliphatic heterocycles. The Labute approximate surface area is 216 Å². The van der Waals surface area contributed by atoms with Gasteiger partial charge in [0.15, 0.2) is 10.2 Å². The second-order valence-electron chi connectivity index (χ2n) is 6.63. The zero-order valence-electron chi connectivity index (χ0n) is 17.4. The van der Waals surface area contributed by atoms with Crippen LogP contribution >= 0.6 is 47.6 Å². The second kappa shape index (κ2) is 14.1. The summed E-state index contributed by atoms with van der Waals surface area (Å²) in [5.74, 6) is 0. The van der Waals surface area contributed by atoms with E-state index in [1.165, 1.54) is 0 Å². The Morgan fingerprint density at radius 1 is 0.912 bits per heavy atom. The van der Waals surface area contributed by atoms with Gasteiger partial charge in [-0.1, -0.05) is 35.3 Å². The van der Waals surface area contributed by atoms with Crippen LogP contribution in [0.1, 0.15) is 0 Å². The van der Waals surface area contributed by atoms with Crippen molar-refractivity contribution in [2.24, 2.45) is 10.2 Å². The molecule has 0 aliphatic rings. The molecule has 2 aromatic carbocycles. The van der Waals surface area contributed by atoms with E-state index in [0.717, 1.165) is 6.21 Å². The van der Waals surface area contributed by atoms with E-state index in [9.17, 15) is 15.3 Å². The van der Waals surface area contributed by atoms with Gasteiger partial charge in [-0.2, -0.15) is 10.2 Å². The predicted molar refractivity (Wildman–Crippen MR) is 143 cm³/mol. The molecule has 0 aliphatic carbocycles. The average Bonchev–Trinajstić information content (AvgIpc) is 2.79. The fourth-order valence-corrected chi connectivity index (χ4v) is 3.10. The topological polar surface area (TPSA) is 154 Å². The summed E-state index contributed by atoms with van der Waals surface area (Å²) in [7, 11) is 0. The summed E-state index contributed by atoms with van der Waals surface area (Å²) in [6, 6.07) is 13.6. The van der Waals surface area contributed by atoms with Gasteiger partial charge in [-0.25, -0.2) is 0 Å². The Balaban J connectivity index is 2.08. The number of nitrogens with one attached hydrogen (secondary N) is 4. The third kappa shape index (κ3) is 9.44. The molecule has 3 atom stereocenters. The molecule has 2 rings (SSSR count). The molecule has 0 unspecified atom stereocenters. The van der Waals surface area contributed by atoms with Crippen LogP contribution < -0.4 is 21.5 Å². The van der Waals surface area contributed by atoms with Crippen molar-refractivity contribution in [2.45, 2.75) is 18.3 Å². The van der Waals surface area contributed by atoms with Gasteiger partial charge >= 0.3 is 0 Å². The molecule has 0 heterocycles. The number of rotatable bonds is 9. The van der Waals surface area contributed by atoms with Crippen LogP contribution in [0.25, 0.3) is 0 Å². The number of benzene rings is 2. The van der Waals surface area contributed by atoms with Crippen LogP contribution in [0.2, 0.25) is 10.0 Å². The van der Waals surface area contributed by atoms with E-state index in [1.807, 2.05) is 0 Å². The summed E-state index contributed by atoms with van der Waals surface area (Å²) < 4.78 is 0. The molecule has 0 bridgehead atoms. The van der Waals surface area contributed by atoms with Gasteiger partial charge in [-0.05, 0) is 60.8 Å². The van der Waals surface area contributed by atoms with Crippen molar-refractivity contribution >= 4 is 81.2 Å². The fraction of sp³-hybridized carbons (Fsp3) is 0.200. The zero-order valence-corrected chi connectivity index (χ0v) is 20.5. The Hall–Kier alpha value is -2.42. The molecule has 0 aromatic heterocycles. The Kier molecular flexibility index (Phi) is 11.5. The molecule has 0 radical (unpaired) electrons. The molecule has 0 spiro atoms. The Bertz CT molecular complexity index is 1060. The summed E-state index contributed by atoms with van der Waals surface area (Å²) in [4.78, 5) is 0. The highest BCUT2D eigenvalue weighted by atomic mass is 35.5. The summed E-state index contributed by atoms with van der Waals surface area (Å²) in [5.41, 5.74) is 6.00. The number of hydrazone groups is 2. The van der Waals surface area contributed by atoms with Crippen molar-refractivity contribution in [1.82, 2.24) is 10.9 Å². The lowest BCUT2D eigenvalue weighted by atomic mass is 10.0. The minimum atomic E-state index is -1.76. The summed E-state index contributed by atoms with van der Waals surface area (Å²) in [6.07, 6.45) is -4.06. The van der Waals surface area contributed by atoms with Gasteiger partial charge in [-0.15, -0.1) is 0 Å². The van der Waals surface area contributed by atoms with Crippen LogP contribution in [0, 0.1) is 0 Å². The van der Waals surface area contributed by atoms with Gasteiger partial charge in [0.05, 0.1) is 12.8 Å². The molecule has 14 heteroatoms. The number of aliphatic hydroxyl groups is 4. The molecule has 0 saturated carbocycles. The number of anilines is 2. The highest BCUT2D eigenvalue weighted by Crippen LogP contribution is 2.15. The van der Waals surface area contributed by atoms with E-state index in [0.29, 0.717) is 21.4 Å². The number of hydrogen-bond acceptors (Lipinski definition) is 8. The van der Waals surface area contributed by atoms with Gasteiger partial charge < -0.3 is 31.1 Å². The largest absolute Gasteiger partial charge is 0.394 e. The van der Waals surface area contributed by atoms with E-state index in [1.54, 1.807) is 48.5 Å². The van der Waals surface area contributed by atoms with Gasteiger partial charge in [0.25, 0.3) is 0 Å². The van der Waals surface area contributed by atoms with Crippen molar-refractivity contribution < 1.29 is 20.4 Å². The monoisotopic (exact) mass is 544 g/mol. The lowest BCUT2D eigenvalue weighted by molar-refractivity contribution is -0.0549. The molecule has 34 heavy (non-hydrogen) atoms. The first-order chi connectivity index (χ1) is 16.2. The molecule has 2 aromatic rings. The molecule has 0 saturated heterocycles. The van der Waals surface area contributed by atoms with E-state index < -0.39 is 24.9 Å². The zero-order chi connectivity index (χ0) is 25.1. The van der Waals surface area contributed by atoms with Crippen LogP contribution in [-0.2, 0) is 0 Å². The van der Waals surface area contributed by atoms with Gasteiger partial charge in [-0.3, -0.25) is 10.9 Å². The van der Waals surface area contributed by atoms with Crippen molar-refractivity contribution in [1.29, 1.82) is 0 Å². The average molecular weight is 545 g/mol. The number of nitrogens with zero attached hydrogens (tertiary/aromatic N) is 2. The highest BCUT2D eigenvalue weighted by Gasteiger charge is 2.28. The van der Waals surface area contributed by atoms with E-state index in [-0.39, 0.29) is 15.9 Å². The summed E-state index contributed by atoms with van der Waals surface area (Å²) >= 11 is 22.2. The van der Waals surface area contributed by atoms with Crippen molar-refractivity contribution in [3.63, 3.8) is 0 Å². The molecular formula is C20H22Cl2N6O4S2. The van der Waals surface area contributed by atoms with Crippen LogP contribution in [0.15, 0.2) is 58.7 Å². The normalized spacial score (nSPS) is 14.2. The molecule has 0 amide bonds. The maximum absolute atomic E-state index is 10.4. The Morgan fingerprint density at radius 2 is 1.44 bits per heavy atom. The minimum Gasteiger partial charge on any atom is -0.394 e. The van der Waals surface area contributed by atoms with Crippen molar-refractivity contribution in [3.8, 4) is 0 Å². The predicted octanol–water partition coefficient (Wildman–Crippen LogP) is 1.68. The quantitative estimate of drug-likeness (QED) is 0.133. The van der Waals surface area contributed by atoms with Gasteiger partial charge in [0.2, 0.25) is 0 Å². The molecule has 10 nitrogen and oxygen atoms in total. The van der Waals surface area contributed by atoms with Gasteiger partial charge in [0, 0.05) is 21.4 Å². The number of thiocarbonyl (C=S) groups is 2. The first kappa shape index (κ1) is 27.8. The first-order valence-electron chi connectivity index (χ1n) is 9.60. The highest BCUT2D eigenvalue weighted by molar-refractivity contribution is 7.80. The summed E-state index contributed by atoms with van der Waals surface area (Å²) in [5, 5.41) is 53.8.